The normalized spacial score (nSPS) is 18.6. The smallest absolute Gasteiger partial charge is 0.228 e. The summed E-state index contributed by atoms with van der Waals surface area (Å²) in [5.41, 5.74) is 0.589. The van der Waals surface area contributed by atoms with Gasteiger partial charge in [0.25, 0.3) is 0 Å². The number of hydrogen-bond donors (Lipinski definition) is 2. The first-order valence-corrected chi connectivity index (χ1v) is 6.92. The number of hydrogen-bond acceptors (Lipinski definition) is 2. The third-order valence-corrected chi connectivity index (χ3v) is 4.82. The van der Waals surface area contributed by atoms with Gasteiger partial charge in [0.05, 0.1) is 5.56 Å². The highest BCUT2D eigenvalue weighted by Crippen LogP contribution is 2.68. The number of aliphatic hydroxyl groups is 1. The van der Waals surface area contributed by atoms with E-state index in [2.05, 4.69) is 44.9 Å². The number of nitrogens with one attached hydrogen (secondary N) is 1. The minimum atomic E-state index is -0.471. The largest absolute Gasteiger partial charge is 0.384 e. The zero-order valence-electron chi connectivity index (χ0n) is 12.7. The standard InChI is InChI=1S/C17H20FNO2/c1-16(2)14(17(16,3)4)15(21)19-12-7-8-13(18)11(10-12)6-5-9-20/h7-8,10,14,20H,9H2,1-4H3,(H,19,21). The Bertz CT molecular complexity index is 624. The number of carbonyl (C=O) groups excluding carboxylic acids is 1. The van der Waals surface area contributed by atoms with Gasteiger partial charge in [-0.1, -0.05) is 39.5 Å². The summed E-state index contributed by atoms with van der Waals surface area (Å²) in [4.78, 5) is 12.3. The van der Waals surface area contributed by atoms with E-state index < -0.39 is 5.82 Å². The highest BCUT2D eigenvalue weighted by atomic mass is 19.1. The van der Waals surface area contributed by atoms with E-state index >= 15 is 0 Å². The first-order chi connectivity index (χ1) is 9.71. The highest BCUT2D eigenvalue weighted by molar-refractivity contribution is 5.96. The molecule has 0 heterocycles. The fourth-order valence-electron chi connectivity index (χ4n) is 2.90. The van der Waals surface area contributed by atoms with Crippen LogP contribution in [0.15, 0.2) is 18.2 Å². The number of aliphatic hydroxyl groups excluding tert-OH is 1. The van der Waals surface area contributed by atoms with Crippen molar-refractivity contribution in [3.05, 3.63) is 29.6 Å². The van der Waals surface area contributed by atoms with Gasteiger partial charge in [0.2, 0.25) is 5.91 Å². The molecular formula is C17H20FNO2. The Morgan fingerprint density at radius 2 is 1.95 bits per heavy atom. The average Bonchev–Trinajstić information content (AvgIpc) is 2.80. The predicted molar refractivity (Wildman–Crippen MR) is 80.0 cm³/mol. The van der Waals surface area contributed by atoms with E-state index in [4.69, 9.17) is 5.11 Å². The van der Waals surface area contributed by atoms with Gasteiger partial charge >= 0.3 is 0 Å². The quantitative estimate of drug-likeness (QED) is 0.823. The molecule has 0 saturated heterocycles. The Balaban J connectivity index is 2.16. The molecule has 1 aromatic rings. The van der Waals surface area contributed by atoms with Crippen molar-refractivity contribution in [1.82, 2.24) is 0 Å². The van der Waals surface area contributed by atoms with E-state index in [0.29, 0.717) is 5.69 Å². The second-order valence-corrected chi connectivity index (χ2v) is 6.52. The third kappa shape index (κ3) is 2.66. The molecule has 4 heteroatoms. The minimum absolute atomic E-state index is 0.0450. The number of rotatable bonds is 2. The molecule has 0 aliphatic heterocycles. The molecule has 1 amide bonds. The monoisotopic (exact) mass is 289 g/mol. The van der Waals surface area contributed by atoms with E-state index in [-0.39, 0.29) is 34.8 Å². The topological polar surface area (TPSA) is 49.3 Å². The van der Waals surface area contributed by atoms with E-state index in [1.165, 1.54) is 18.2 Å². The summed E-state index contributed by atoms with van der Waals surface area (Å²) >= 11 is 0. The van der Waals surface area contributed by atoms with Crippen molar-refractivity contribution < 1.29 is 14.3 Å². The lowest BCUT2D eigenvalue weighted by molar-refractivity contribution is -0.118. The van der Waals surface area contributed by atoms with Crippen LogP contribution in [0.5, 0.6) is 0 Å². The molecule has 21 heavy (non-hydrogen) atoms. The number of carbonyl (C=O) groups is 1. The van der Waals surface area contributed by atoms with Crippen LogP contribution in [-0.2, 0) is 4.79 Å². The summed E-state index contributed by atoms with van der Waals surface area (Å²) in [5.74, 6) is 4.33. The summed E-state index contributed by atoms with van der Waals surface area (Å²) in [7, 11) is 0. The van der Waals surface area contributed by atoms with Gasteiger partial charge in [-0.15, -0.1) is 0 Å². The molecular weight excluding hydrogens is 269 g/mol. The van der Waals surface area contributed by atoms with Crippen molar-refractivity contribution in [2.45, 2.75) is 27.7 Å². The lowest BCUT2D eigenvalue weighted by Gasteiger charge is -2.07. The zero-order valence-corrected chi connectivity index (χ0v) is 12.7. The van der Waals surface area contributed by atoms with Crippen molar-refractivity contribution in [2.24, 2.45) is 16.7 Å². The van der Waals surface area contributed by atoms with Crippen LogP contribution in [0.25, 0.3) is 0 Å². The maximum Gasteiger partial charge on any atom is 0.228 e. The Labute approximate surface area is 124 Å². The van der Waals surface area contributed by atoms with Crippen molar-refractivity contribution >= 4 is 11.6 Å². The molecule has 1 fully saturated rings. The lowest BCUT2D eigenvalue weighted by Crippen LogP contribution is -2.17. The fourth-order valence-corrected chi connectivity index (χ4v) is 2.90. The van der Waals surface area contributed by atoms with Crippen LogP contribution in [-0.4, -0.2) is 17.6 Å². The first kappa shape index (κ1) is 15.5. The van der Waals surface area contributed by atoms with Gasteiger partial charge in [-0.3, -0.25) is 4.79 Å². The average molecular weight is 289 g/mol. The van der Waals surface area contributed by atoms with Gasteiger partial charge in [-0.05, 0) is 29.0 Å². The van der Waals surface area contributed by atoms with Gasteiger partial charge in [0.1, 0.15) is 12.4 Å². The third-order valence-electron chi connectivity index (χ3n) is 4.82. The Hall–Kier alpha value is -1.86. The molecule has 0 bridgehead atoms. The molecule has 1 aliphatic carbocycles. The molecule has 0 spiro atoms. The minimum Gasteiger partial charge on any atom is -0.384 e. The molecule has 2 rings (SSSR count). The van der Waals surface area contributed by atoms with Crippen LogP contribution in [0.1, 0.15) is 33.3 Å². The summed E-state index contributed by atoms with van der Waals surface area (Å²) in [5, 5.41) is 11.5. The van der Waals surface area contributed by atoms with Crippen molar-refractivity contribution in [1.29, 1.82) is 0 Å². The van der Waals surface area contributed by atoms with E-state index in [1.54, 1.807) is 0 Å². The summed E-state index contributed by atoms with van der Waals surface area (Å²) in [6.07, 6.45) is 0. The zero-order chi connectivity index (χ0) is 15.8. The second-order valence-electron chi connectivity index (χ2n) is 6.52. The molecule has 0 atom stereocenters. The molecule has 2 N–H and O–H groups in total. The summed E-state index contributed by atoms with van der Waals surface area (Å²) < 4.78 is 13.6. The number of benzene rings is 1. The van der Waals surface area contributed by atoms with Crippen molar-refractivity contribution in [3.63, 3.8) is 0 Å². The fraction of sp³-hybridized carbons (Fsp3) is 0.471. The van der Waals surface area contributed by atoms with Crippen molar-refractivity contribution in [3.8, 4) is 11.8 Å². The van der Waals surface area contributed by atoms with Gasteiger partial charge in [-0.2, -0.15) is 0 Å². The van der Waals surface area contributed by atoms with Crippen LogP contribution < -0.4 is 5.32 Å². The van der Waals surface area contributed by atoms with E-state index in [1.807, 2.05) is 0 Å². The van der Waals surface area contributed by atoms with Gasteiger partial charge in [0, 0.05) is 11.6 Å². The summed E-state index contributed by atoms with van der Waals surface area (Å²) in [6, 6.07) is 4.26. The second kappa shape index (κ2) is 5.16. The predicted octanol–water partition coefficient (Wildman–Crippen LogP) is 2.79. The molecule has 1 aliphatic rings. The van der Waals surface area contributed by atoms with Crippen LogP contribution in [0.3, 0.4) is 0 Å². The van der Waals surface area contributed by atoms with E-state index in [9.17, 15) is 9.18 Å². The lowest BCUT2D eigenvalue weighted by atomic mass is 10.0. The van der Waals surface area contributed by atoms with Crippen LogP contribution in [0, 0.1) is 34.4 Å². The SMILES string of the molecule is CC1(C)C(C(=O)Nc2ccc(F)c(C#CCO)c2)C1(C)C. The molecule has 0 unspecified atom stereocenters. The maximum absolute atomic E-state index is 13.6. The van der Waals surface area contributed by atoms with E-state index in [0.717, 1.165) is 0 Å². The first-order valence-electron chi connectivity index (χ1n) is 6.92. The van der Waals surface area contributed by atoms with Crippen LogP contribution >= 0.6 is 0 Å². The van der Waals surface area contributed by atoms with Crippen LogP contribution in [0.4, 0.5) is 10.1 Å². The van der Waals surface area contributed by atoms with Crippen LogP contribution in [0.2, 0.25) is 0 Å². The Kier molecular flexibility index (Phi) is 3.81. The summed E-state index contributed by atoms with van der Waals surface area (Å²) in [6.45, 7) is 7.95. The number of anilines is 1. The van der Waals surface area contributed by atoms with Crippen molar-refractivity contribution in [2.75, 3.05) is 11.9 Å². The maximum atomic E-state index is 13.6. The molecule has 3 nitrogen and oxygen atoms in total. The molecule has 0 radical (unpaired) electrons. The van der Waals surface area contributed by atoms with Gasteiger partial charge in [-0.25, -0.2) is 4.39 Å². The Morgan fingerprint density at radius 1 is 1.33 bits per heavy atom. The number of halogens is 1. The number of amides is 1. The molecule has 1 saturated carbocycles. The van der Waals surface area contributed by atoms with Gasteiger partial charge < -0.3 is 10.4 Å². The molecule has 1 aromatic carbocycles. The molecule has 112 valence electrons. The highest BCUT2D eigenvalue weighted by Gasteiger charge is 2.68. The van der Waals surface area contributed by atoms with Gasteiger partial charge in [0.15, 0.2) is 0 Å². The molecule has 0 aromatic heterocycles. The Morgan fingerprint density at radius 3 is 2.48 bits per heavy atom.